The summed E-state index contributed by atoms with van der Waals surface area (Å²) in [6, 6.07) is 17.9. The fraction of sp³-hybridized carbons (Fsp3) is 0.491. The average Bonchev–Trinajstić information content (AvgIpc) is 3.37. The minimum Gasteiger partial charge on any atom is -0.507 e. The molecule has 1 aliphatic carbocycles. The summed E-state index contributed by atoms with van der Waals surface area (Å²) >= 11 is 6.29. The fourth-order valence-corrected chi connectivity index (χ4v) is 11.0. The van der Waals surface area contributed by atoms with Crippen LogP contribution in [0.5, 0.6) is 34.5 Å². The van der Waals surface area contributed by atoms with E-state index < -0.39 is 41.7 Å². The van der Waals surface area contributed by atoms with Crippen LogP contribution in [0.15, 0.2) is 72.8 Å². The lowest BCUT2D eigenvalue weighted by molar-refractivity contribution is -0.149. The molecule has 420 valence electrons. The van der Waals surface area contributed by atoms with Gasteiger partial charge < -0.3 is 55.2 Å². The Morgan fingerprint density at radius 3 is 2.04 bits per heavy atom. The Bertz CT molecular complexity index is 2580. The summed E-state index contributed by atoms with van der Waals surface area (Å²) in [4.78, 5) is 70.1. The Hall–Kier alpha value is -4.82. The third-order valence-corrected chi connectivity index (χ3v) is 14.8. The van der Waals surface area contributed by atoms with Gasteiger partial charge in [0.05, 0.1) is 49.4 Å². The number of rotatable bonds is 25. The lowest BCUT2D eigenvalue weighted by Gasteiger charge is -2.28. The third kappa shape index (κ3) is 20.7. The van der Waals surface area contributed by atoms with Crippen LogP contribution in [0, 0.1) is 16.6 Å². The quantitative estimate of drug-likeness (QED) is 0.0237. The number of hydrogen-bond donors (Lipinski definition) is 5. The van der Waals surface area contributed by atoms with Crippen LogP contribution in [0.3, 0.4) is 0 Å². The highest BCUT2D eigenvalue weighted by atomic mass is 127. The standard InChI is InChI=1S/C57H74I3N5O12/c1-35(2)34-74-55(70)46(63-53(68)47(64-56(71)77-57(3,4)5)31-36-29-43(59)52(44(60)30-36)76-41-23-26-49(66)42(58)32-41)24-27-51(67)62-28-14-13-17-45(61)54(69)65(48-25-22-40(72-6)33-50(48)73-7)37-18-20-39(21-19-37)75-38-15-11-9-8-10-12-16-38/h18-23,25-26,29-30,32-33,35,38,45-47,66H,8-17,24,27-28,31,34,61H2,1-7H3,(H,62,67)(H,63,68)(H,64,71). The highest BCUT2D eigenvalue weighted by Gasteiger charge is 2.31. The van der Waals surface area contributed by atoms with Crippen LogP contribution in [-0.2, 0) is 35.1 Å². The van der Waals surface area contributed by atoms with Gasteiger partial charge in [0.1, 0.15) is 46.4 Å². The van der Waals surface area contributed by atoms with E-state index in [4.69, 9.17) is 34.2 Å². The van der Waals surface area contributed by atoms with E-state index in [9.17, 15) is 29.1 Å². The van der Waals surface area contributed by atoms with Crippen molar-refractivity contribution in [2.24, 2.45) is 11.7 Å². The predicted molar refractivity (Wildman–Crippen MR) is 321 cm³/mol. The second-order valence-corrected chi connectivity index (χ2v) is 23.9. The number of phenolic OH excluding ortho intramolecular Hbond substituents is 1. The van der Waals surface area contributed by atoms with E-state index in [1.54, 1.807) is 69.2 Å². The van der Waals surface area contributed by atoms with E-state index in [-0.39, 0.29) is 62.0 Å². The number of hydrogen-bond acceptors (Lipinski definition) is 13. The van der Waals surface area contributed by atoms with Gasteiger partial charge in [-0.3, -0.25) is 19.3 Å². The first-order valence-corrected chi connectivity index (χ1v) is 29.3. The van der Waals surface area contributed by atoms with Gasteiger partial charge in [0.25, 0.3) is 0 Å². The van der Waals surface area contributed by atoms with Crippen molar-refractivity contribution in [3.63, 3.8) is 0 Å². The molecule has 3 unspecified atom stereocenters. The van der Waals surface area contributed by atoms with Gasteiger partial charge in [-0.2, -0.15) is 0 Å². The number of methoxy groups -OCH3 is 2. The van der Waals surface area contributed by atoms with E-state index in [1.165, 1.54) is 26.4 Å². The van der Waals surface area contributed by atoms with Gasteiger partial charge in [-0.25, -0.2) is 9.59 Å². The highest BCUT2D eigenvalue weighted by Crippen LogP contribution is 2.39. The Kier molecular flexibility index (Phi) is 25.4. The molecule has 0 heterocycles. The Morgan fingerprint density at radius 2 is 1.42 bits per heavy atom. The van der Waals surface area contributed by atoms with Crippen LogP contribution in [-0.4, -0.2) is 92.1 Å². The zero-order valence-corrected chi connectivity index (χ0v) is 51.5. The number of phenols is 1. The number of carbonyl (C=O) groups excluding carboxylic acids is 5. The Labute approximate surface area is 493 Å². The number of nitrogens with zero attached hydrogens (tertiary/aromatic N) is 1. The molecule has 4 aromatic rings. The van der Waals surface area contributed by atoms with Gasteiger partial charge in [-0.15, -0.1) is 0 Å². The predicted octanol–water partition coefficient (Wildman–Crippen LogP) is 11.4. The Balaban J connectivity index is 1.21. The van der Waals surface area contributed by atoms with Crippen LogP contribution in [0.25, 0.3) is 0 Å². The summed E-state index contributed by atoms with van der Waals surface area (Å²) in [6.07, 6.45) is 8.45. The number of unbranched alkanes of at least 4 members (excludes halogenated alkanes) is 1. The van der Waals surface area contributed by atoms with Crippen molar-refractivity contribution >= 4 is 109 Å². The smallest absolute Gasteiger partial charge is 0.408 e. The average molecular weight is 1400 g/mol. The molecule has 17 nitrogen and oxygen atoms in total. The first-order chi connectivity index (χ1) is 36.6. The number of anilines is 2. The van der Waals surface area contributed by atoms with E-state index >= 15 is 0 Å². The monoisotopic (exact) mass is 1400 g/mol. The van der Waals surface area contributed by atoms with Crippen molar-refractivity contribution < 1.29 is 57.5 Å². The SMILES string of the molecule is COc1ccc(N(C(=O)C(N)CCCCNC(=O)CCC(NC(=O)C(Cc2cc(I)c(Oc3ccc(O)c(I)c3)c(I)c2)NC(=O)OC(C)(C)C)C(=O)OCC(C)C)c2ccc(OC3CCCCCCC3)cc2)c(OC)c1. The lowest BCUT2D eigenvalue weighted by atomic mass is 9.98. The van der Waals surface area contributed by atoms with Crippen LogP contribution in [0.4, 0.5) is 16.2 Å². The largest absolute Gasteiger partial charge is 0.507 e. The first kappa shape index (κ1) is 63.0. The van der Waals surface area contributed by atoms with Gasteiger partial charge >= 0.3 is 12.1 Å². The van der Waals surface area contributed by atoms with Crippen molar-refractivity contribution in [3.05, 3.63) is 89.1 Å². The topological polar surface area (TPSA) is 226 Å². The number of alkyl carbamates (subject to hydrolysis) is 1. The fourth-order valence-electron chi connectivity index (χ4n) is 8.39. The van der Waals surface area contributed by atoms with Gasteiger partial charge in [-0.1, -0.05) is 33.1 Å². The number of aromatic hydroxyl groups is 1. The van der Waals surface area contributed by atoms with E-state index in [2.05, 4.69) is 61.1 Å². The summed E-state index contributed by atoms with van der Waals surface area (Å²) in [6.45, 7) is 9.22. The Morgan fingerprint density at radius 1 is 0.766 bits per heavy atom. The second kappa shape index (κ2) is 31.1. The molecular formula is C57H74I3N5O12. The summed E-state index contributed by atoms with van der Waals surface area (Å²) in [5, 5.41) is 18.3. The first-order valence-electron chi connectivity index (χ1n) is 26.1. The minimum atomic E-state index is -1.23. The molecule has 0 aromatic heterocycles. The minimum absolute atomic E-state index is 0.00158. The molecule has 4 amide bonds. The molecule has 1 fully saturated rings. The van der Waals surface area contributed by atoms with Crippen molar-refractivity contribution in [2.75, 3.05) is 32.3 Å². The number of ether oxygens (including phenoxy) is 6. The normalized spacial score (nSPS) is 14.2. The van der Waals surface area contributed by atoms with Crippen molar-refractivity contribution in [1.29, 1.82) is 0 Å². The van der Waals surface area contributed by atoms with Gasteiger partial charge in [0.15, 0.2) is 5.75 Å². The summed E-state index contributed by atoms with van der Waals surface area (Å²) in [5.74, 6) is 0.837. The molecule has 5 rings (SSSR count). The number of esters is 1. The van der Waals surface area contributed by atoms with Gasteiger partial charge in [0, 0.05) is 31.1 Å². The van der Waals surface area contributed by atoms with E-state index in [0.29, 0.717) is 62.8 Å². The number of carbonyl (C=O) groups is 5. The maximum absolute atomic E-state index is 14.3. The molecule has 4 aromatic carbocycles. The molecule has 0 bridgehead atoms. The third-order valence-electron chi connectivity index (χ3n) is 12.3. The van der Waals surface area contributed by atoms with Gasteiger partial charge in [0.2, 0.25) is 17.7 Å². The molecule has 0 radical (unpaired) electrons. The number of nitrogens with one attached hydrogen (secondary N) is 3. The molecule has 3 atom stereocenters. The molecule has 6 N–H and O–H groups in total. The molecule has 0 spiro atoms. The summed E-state index contributed by atoms with van der Waals surface area (Å²) in [5.41, 5.74) is 7.53. The molecule has 77 heavy (non-hydrogen) atoms. The van der Waals surface area contributed by atoms with Gasteiger partial charge in [-0.05, 0) is 218 Å². The number of amides is 4. The van der Waals surface area contributed by atoms with E-state index in [1.807, 2.05) is 72.8 Å². The molecule has 20 heteroatoms. The van der Waals surface area contributed by atoms with Crippen molar-refractivity contribution in [2.45, 2.75) is 148 Å². The van der Waals surface area contributed by atoms with Crippen LogP contribution in [0.1, 0.15) is 117 Å². The van der Waals surface area contributed by atoms with Crippen LogP contribution in [0.2, 0.25) is 0 Å². The highest BCUT2D eigenvalue weighted by molar-refractivity contribution is 14.1. The summed E-state index contributed by atoms with van der Waals surface area (Å²) in [7, 11) is 3.08. The molecule has 0 aliphatic heterocycles. The van der Waals surface area contributed by atoms with E-state index in [0.717, 1.165) is 38.6 Å². The number of halogens is 3. The van der Waals surface area contributed by atoms with Crippen LogP contribution >= 0.6 is 67.8 Å². The molecule has 1 saturated carbocycles. The lowest BCUT2D eigenvalue weighted by Crippen LogP contribution is -2.53. The number of benzene rings is 4. The zero-order valence-electron chi connectivity index (χ0n) is 45.0. The molecule has 0 saturated heterocycles. The summed E-state index contributed by atoms with van der Waals surface area (Å²) < 4.78 is 36.9. The van der Waals surface area contributed by atoms with Crippen molar-refractivity contribution in [3.8, 4) is 34.5 Å². The molecular weight excluding hydrogens is 1330 g/mol. The maximum atomic E-state index is 14.3. The van der Waals surface area contributed by atoms with Crippen LogP contribution < -0.4 is 45.5 Å². The number of nitrogens with two attached hydrogens (primary N) is 1. The second-order valence-electron chi connectivity index (χ2n) is 20.4. The molecule has 1 aliphatic rings. The zero-order chi connectivity index (χ0) is 56.2. The maximum Gasteiger partial charge on any atom is 0.408 e. The van der Waals surface area contributed by atoms with Crippen molar-refractivity contribution in [1.82, 2.24) is 16.0 Å².